The SMILES string of the molecule is COc1ccc(CN2C(=O)CCC(N3Cc4cc(OC5CCN(Cc6ccc7nc(C8CCOCC8)ccc7c6)C5=O)ccc4C3=O)C2=O)cc1. The first-order valence-corrected chi connectivity index (χ1v) is 17.7. The molecule has 3 saturated heterocycles. The van der Waals surface area contributed by atoms with Gasteiger partial charge in [-0.2, -0.15) is 0 Å². The standard InChI is InChI=1S/C40H40N4O7/c1-49-30-6-2-25(3-7-30)23-44-37(45)13-12-35(39(44)47)43-24-29-21-31(8-9-32(29)38(43)46)51-36-14-17-42(40(36)48)22-26-4-10-34-28(20-26)5-11-33(41-34)27-15-18-50-19-16-27/h2-11,20-21,27,35-36H,12-19,22-24H2,1H3. The third kappa shape index (κ3) is 6.54. The zero-order valence-electron chi connectivity index (χ0n) is 28.6. The summed E-state index contributed by atoms with van der Waals surface area (Å²) in [6, 6.07) is 22.1. The minimum absolute atomic E-state index is 0.0734. The van der Waals surface area contributed by atoms with Crippen LogP contribution in [0.2, 0.25) is 0 Å². The maximum absolute atomic E-state index is 13.6. The molecule has 51 heavy (non-hydrogen) atoms. The van der Waals surface area contributed by atoms with Gasteiger partial charge in [-0.1, -0.05) is 24.3 Å². The Morgan fingerprint density at radius 2 is 1.59 bits per heavy atom. The number of hydrogen-bond acceptors (Lipinski definition) is 8. The summed E-state index contributed by atoms with van der Waals surface area (Å²) in [5.74, 6) is 0.676. The van der Waals surface area contributed by atoms with E-state index in [1.807, 2.05) is 29.2 Å². The van der Waals surface area contributed by atoms with Crippen molar-refractivity contribution in [3.63, 3.8) is 0 Å². The van der Waals surface area contributed by atoms with Crippen LogP contribution in [0.1, 0.15) is 70.8 Å². The third-order valence-corrected chi connectivity index (χ3v) is 10.6. The number of aromatic nitrogens is 1. The van der Waals surface area contributed by atoms with Gasteiger partial charge in [0.05, 0.1) is 19.2 Å². The van der Waals surface area contributed by atoms with Crippen molar-refractivity contribution in [2.45, 2.75) is 69.8 Å². The van der Waals surface area contributed by atoms with Crippen LogP contribution in [0, 0.1) is 0 Å². The lowest BCUT2D eigenvalue weighted by Gasteiger charge is -2.35. The molecule has 11 nitrogen and oxygen atoms in total. The number of carbonyl (C=O) groups excluding carboxylic acids is 4. The van der Waals surface area contributed by atoms with E-state index < -0.39 is 12.1 Å². The highest BCUT2D eigenvalue weighted by Gasteiger charge is 2.43. The molecule has 5 heterocycles. The van der Waals surface area contributed by atoms with Crippen LogP contribution in [0.3, 0.4) is 0 Å². The Hall–Kier alpha value is -5.29. The molecule has 1 aromatic heterocycles. The van der Waals surface area contributed by atoms with Crippen molar-refractivity contribution in [3.8, 4) is 11.5 Å². The Kier molecular flexibility index (Phi) is 8.89. The van der Waals surface area contributed by atoms with Crippen LogP contribution < -0.4 is 9.47 Å². The van der Waals surface area contributed by atoms with Crippen LogP contribution in [0.15, 0.2) is 72.8 Å². The molecule has 4 amide bonds. The minimum atomic E-state index is -0.741. The van der Waals surface area contributed by atoms with Crippen molar-refractivity contribution in [3.05, 3.63) is 101 Å². The number of likely N-dealkylation sites (tertiary alicyclic amines) is 2. The second-order valence-corrected chi connectivity index (χ2v) is 13.8. The van der Waals surface area contributed by atoms with Crippen molar-refractivity contribution in [2.24, 2.45) is 0 Å². The lowest BCUT2D eigenvalue weighted by molar-refractivity contribution is -0.153. The van der Waals surface area contributed by atoms with E-state index in [2.05, 4.69) is 18.2 Å². The lowest BCUT2D eigenvalue weighted by atomic mass is 9.95. The van der Waals surface area contributed by atoms with Crippen molar-refractivity contribution >= 4 is 34.5 Å². The molecule has 262 valence electrons. The van der Waals surface area contributed by atoms with E-state index in [1.54, 1.807) is 42.3 Å². The molecule has 4 aliphatic heterocycles. The van der Waals surface area contributed by atoms with Crippen molar-refractivity contribution in [1.82, 2.24) is 19.7 Å². The quantitative estimate of drug-likeness (QED) is 0.226. The van der Waals surface area contributed by atoms with Gasteiger partial charge in [-0.25, -0.2) is 0 Å². The molecule has 0 spiro atoms. The van der Waals surface area contributed by atoms with E-state index in [0.29, 0.717) is 42.5 Å². The topological polar surface area (TPSA) is 119 Å². The summed E-state index contributed by atoms with van der Waals surface area (Å²) in [4.78, 5) is 62.9. The molecule has 3 fully saturated rings. The van der Waals surface area contributed by atoms with Gasteiger partial charge in [-0.05, 0) is 84.5 Å². The van der Waals surface area contributed by atoms with Crippen LogP contribution in [-0.4, -0.2) is 82.3 Å². The monoisotopic (exact) mass is 688 g/mol. The average molecular weight is 689 g/mol. The molecule has 0 radical (unpaired) electrons. The highest BCUT2D eigenvalue weighted by molar-refractivity contribution is 6.05. The number of pyridine rings is 1. The van der Waals surface area contributed by atoms with Gasteiger partial charge in [0.2, 0.25) is 5.91 Å². The summed E-state index contributed by atoms with van der Waals surface area (Å²) in [5.41, 5.74) is 5.13. The molecule has 11 heteroatoms. The number of ether oxygens (including phenoxy) is 3. The van der Waals surface area contributed by atoms with E-state index in [4.69, 9.17) is 19.2 Å². The Morgan fingerprint density at radius 1 is 0.804 bits per heavy atom. The molecule has 8 rings (SSSR count). The first-order chi connectivity index (χ1) is 24.8. The predicted molar refractivity (Wildman–Crippen MR) is 187 cm³/mol. The fraction of sp³-hybridized carbons (Fsp3) is 0.375. The maximum Gasteiger partial charge on any atom is 0.264 e. The van der Waals surface area contributed by atoms with E-state index in [9.17, 15) is 19.2 Å². The second kappa shape index (κ2) is 13.8. The zero-order valence-corrected chi connectivity index (χ0v) is 28.6. The van der Waals surface area contributed by atoms with Crippen molar-refractivity contribution in [2.75, 3.05) is 26.9 Å². The van der Waals surface area contributed by atoms with Crippen LogP contribution >= 0.6 is 0 Å². The van der Waals surface area contributed by atoms with Crippen LogP contribution in [0.4, 0.5) is 0 Å². The van der Waals surface area contributed by atoms with E-state index >= 15 is 0 Å². The highest BCUT2D eigenvalue weighted by atomic mass is 16.5. The summed E-state index contributed by atoms with van der Waals surface area (Å²) in [6.45, 7) is 2.98. The van der Waals surface area contributed by atoms with Gasteiger partial charge >= 0.3 is 0 Å². The predicted octanol–water partition coefficient (Wildman–Crippen LogP) is 4.99. The van der Waals surface area contributed by atoms with Crippen LogP contribution in [-0.2, 0) is 38.8 Å². The molecule has 2 atom stereocenters. The first kappa shape index (κ1) is 32.9. The molecule has 0 saturated carbocycles. The van der Waals surface area contributed by atoms with E-state index in [1.165, 1.54) is 4.90 Å². The zero-order chi connectivity index (χ0) is 35.1. The smallest absolute Gasteiger partial charge is 0.264 e. The molecule has 0 aliphatic carbocycles. The Labute approximate surface area is 296 Å². The van der Waals surface area contributed by atoms with E-state index in [-0.39, 0.29) is 49.6 Å². The molecule has 0 N–H and O–H groups in total. The van der Waals surface area contributed by atoms with Gasteiger partial charge in [0.25, 0.3) is 17.7 Å². The summed E-state index contributed by atoms with van der Waals surface area (Å²) in [7, 11) is 1.58. The minimum Gasteiger partial charge on any atom is -0.497 e. The number of benzene rings is 3. The molecule has 2 unspecified atom stereocenters. The van der Waals surface area contributed by atoms with Gasteiger partial charge in [0.15, 0.2) is 6.10 Å². The molecule has 4 aromatic rings. The third-order valence-electron chi connectivity index (χ3n) is 10.6. The number of imide groups is 1. The lowest BCUT2D eigenvalue weighted by Crippen LogP contribution is -2.54. The second-order valence-electron chi connectivity index (χ2n) is 13.8. The molecular weight excluding hydrogens is 648 g/mol. The largest absolute Gasteiger partial charge is 0.497 e. The normalized spacial score (nSPS) is 21.2. The summed E-state index contributed by atoms with van der Waals surface area (Å²) in [5, 5.41) is 1.05. The number of nitrogens with zero attached hydrogens (tertiary/aromatic N) is 4. The van der Waals surface area contributed by atoms with Gasteiger partial charge < -0.3 is 24.0 Å². The number of hydrogen-bond donors (Lipinski definition) is 0. The summed E-state index contributed by atoms with van der Waals surface area (Å²) < 4.78 is 16.9. The van der Waals surface area contributed by atoms with Crippen molar-refractivity contribution in [1.29, 1.82) is 0 Å². The van der Waals surface area contributed by atoms with Crippen LogP contribution in [0.5, 0.6) is 11.5 Å². The number of amides is 4. The number of rotatable bonds is 9. The first-order valence-electron chi connectivity index (χ1n) is 17.7. The Morgan fingerprint density at radius 3 is 2.39 bits per heavy atom. The van der Waals surface area contributed by atoms with Gasteiger partial charge in [0.1, 0.15) is 17.5 Å². The van der Waals surface area contributed by atoms with Crippen LogP contribution in [0.25, 0.3) is 10.9 Å². The fourth-order valence-corrected chi connectivity index (χ4v) is 7.71. The fourth-order valence-electron chi connectivity index (χ4n) is 7.71. The van der Waals surface area contributed by atoms with Gasteiger partial charge in [-0.15, -0.1) is 0 Å². The Bertz CT molecular complexity index is 2010. The number of carbonyl (C=O) groups is 4. The molecule has 0 bridgehead atoms. The number of methoxy groups -OCH3 is 1. The molecule has 4 aliphatic rings. The summed E-state index contributed by atoms with van der Waals surface area (Å²) in [6.07, 6.45) is 2.37. The summed E-state index contributed by atoms with van der Waals surface area (Å²) >= 11 is 0. The molecular formula is C40H40N4O7. The number of fused-ring (bicyclic) bond motifs is 2. The van der Waals surface area contributed by atoms with Crippen molar-refractivity contribution < 1.29 is 33.4 Å². The van der Waals surface area contributed by atoms with Gasteiger partial charge in [0, 0.05) is 68.3 Å². The molecule has 3 aromatic carbocycles. The van der Waals surface area contributed by atoms with Gasteiger partial charge in [-0.3, -0.25) is 29.1 Å². The maximum atomic E-state index is 13.6. The Balaban J connectivity index is 0.894. The van der Waals surface area contributed by atoms with E-state index in [0.717, 1.165) is 59.3 Å². The average Bonchev–Trinajstić information content (AvgIpc) is 3.67. The highest BCUT2D eigenvalue weighted by Crippen LogP contribution is 2.33. The number of piperidine rings is 1.